The minimum Gasteiger partial charge on any atom is -0.335 e. The molecular formula is C17H24ClN5O3S. The van der Waals surface area contributed by atoms with Crippen LogP contribution < -0.4 is 10.0 Å². The minimum atomic E-state index is -3.43. The van der Waals surface area contributed by atoms with E-state index in [9.17, 15) is 8.42 Å². The Kier molecular flexibility index (Phi) is 7.51. The molecule has 1 aromatic carbocycles. The van der Waals surface area contributed by atoms with E-state index >= 15 is 0 Å². The van der Waals surface area contributed by atoms with Crippen LogP contribution in [0.25, 0.3) is 12.2 Å². The van der Waals surface area contributed by atoms with Gasteiger partial charge in [0.25, 0.3) is 5.89 Å². The van der Waals surface area contributed by atoms with Crippen LogP contribution in [0.15, 0.2) is 33.7 Å². The molecule has 3 rings (SSSR count). The molecule has 10 heteroatoms. The van der Waals surface area contributed by atoms with Gasteiger partial charge in [-0.3, -0.25) is 4.90 Å². The zero-order valence-corrected chi connectivity index (χ0v) is 16.9. The fraction of sp³-hybridized carbons (Fsp3) is 0.412. The molecule has 1 atom stereocenters. The van der Waals surface area contributed by atoms with Crippen LogP contribution in [0.2, 0.25) is 0 Å². The van der Waals surface area contributed by atoms with E-state index < -0.39 is 10.0 Å². The molecule has 0 spiro atoms. The number of likely N-dealkylation sites (N-methyl/N-ethyl adjacent to an activating group) is 1. The summed E-state index contributed by atoms with van der Waals surface area (Å²) < 4.78 is 31.6. The van der Waals surface area contributed by atoms with Crippen LogP contribution >= 0.6 is 12.4 Å². The number of hydrogen-bond acceptors (Lipinski definition) is 7. The second kappa shape index (κ2) is 9.43. The van der Waals surface area contributed by atoms with Crippen molar-refractivity contribution in [3.63, 3.8) is 0 Å². The number of rotatable bonds is 6. The number of piperazine rings is 1. The molecule has 2 heterocycles. The highest BCUT2D eigenvalue weighted by Crippen LogP contribution is 2.18. The second-order valence-corrected chi connectivity index (χ2v) is 7.86. The van der Waals surface area contributed by atoms with Crippen molar-refractivity contribution in [3.05, 3.63) is 41.5 Å². The first-order valence-electron chi connectivity index (χ1n) is 8.52. The van der Waals surface area contributed by atoms with E-state index in [4.69, 9.17) is 4.52 Å². The third-order valence-corrected chi connectivity index (χ3v) is 5.77. The Labute approximate surface area is 165 Å². The summed E-state index contributed by atoms with van der Waals surface area (Å²) in [6.07, 6.45) is 3.53. The van der Waals surface area contributed by atoms with E-state index in [1.165, 1.54) is 0 Å². The maximum atomic E-state index is 11.9. The molecule has 1 fully saturated rings. The molecule has 1 aliphatic rings. The van der Waals surface area contributed by atoms with E-state index in [-0.39, 0.29) is 23.3 Å². The quantitative estimate of drug-likeness (QED) is 0.740. The summed E-state index contributed by atoms with van der Waals surface area (Å²) in [5, 5.41) is 7.38. The van der Waals surface area contributed by atoms with Crippen molar-refractivity contribution in [1.29, 1.82) is 0 Å². The van der Waals surface area contributed by atoms with Crippen molar-refractivity contribution in [2.75, 3.05) is 33.2 Å². The molecule has 1 aromatic heterocycles. The van der Waals surface area contributed by atoms with Gasteiger partial charge in [-0.2, -0.15) is 4.98 Å². The topological polar surface area (TPSA) is 100 Å². The average molecular weight is 414 g/mol. The van der Waals surface area contributed by atoms with Gasteiger partial charge in [-0.15, -0.1) is 12.4 Å². The Morgan fingerprint density at radius 2 is 2.07 bits per heavy atom. The third-order valence-electron chi connectivity index (χ3n) is 4.21. The minimum absolute atomic E-state index is 0. The summed E-state index contributed by atoms with van der Waals surface area (Å²) in [5.74, 6) is 1.08. The van der Waals surface area contributed by atoms with Gasteiger partial charge in [0.1, 0.15) is 0 Å². The van der Waals surface area contributed by atoms with E-state index in [2.05, 4.69) is 25.1 Å². The molecular weight excluding hydrogens is 390 g/mol. The molecule has 0 aliphatic carbocycles. The van der Waals surface area contributed by atoms with Gasteiger partial charge in [-0.05, 0) is 30.8 Å². The molecule has 1 saturated heterocycles. The molecule has 2 N–H and O–H groups in total. The van der Waals surface area contributed by atoms with E-state index in [1.54, 1.807) is 37.3 Å². The number of nitrogens with zero attached hydrogens (tertiary/aromatic N) is 3. The fourth-order valence-electron chi connectivity index (χ4n) is 2.74. The normalized spacial score (nSPS) is 18.5. The highest BCUT2D eigenvalue weighted by molar-refractivity contribution is 7.89. The number of benzene rings is 1. The lowest BCUT2D eigenvalue weighted by Crippen LogP contribution is -2.44. The van der Waals surface area contributed by atoms with Crippen LogP contribution in [0.1, 0.15) is 30.2 Å². The van der Waals surface area contributed by atoms with Gasteiger partial charge < -0.3 is 9.84 Å². The molecule has 148 valence electrons. The van der Waals surface area contributed by atoms with Crippen molar-refractivity contribution < 1.29 is 12.9 Å². The van der Waals surface area contributed by atoms with Crippen LogP contribution in [-0.2, 0) is 10.0 Å². The number of halogens is 1. The molecule has 0 amide bonds. The molecule has 0 saturated carbocycles. The van der Waals surface area contributed by atoms with Gasteiger partial charge in [0.05, 0.1) is 10.9 Å². The smallest absolute Gasteiger partial charge is 0.250 e. The van der Waals surface area contributed by atoms with Crippen molar-refractivity contribution in [2.24, 2.45) is 0 Å². The predicted octanol–water partition coefficient (Wildman–Crippen LogP) is 1.54. The Balaban J connectivity index is 0.00000261. The maximum Gasteiger partial charge on any atom is 0.250 e. The average Bonchev–Trinajstić information content (AvgIpc) is 3.09. The highest BCUT2D eigenvalue weighted by Gasteiger charge is 2.24. The second-order valence-electron chi connectivity index (χ2n) is 6.10. The van der Waals surface area contributed by atoms with Gasteiger partial charge in [-0.1, -0.05) is 24.2 Å². The summed E-state index contributed by atoms with van der Waals surface area (Å²) in [4.78, 5) is 6.86. The predicted molar refractivity (Wildman–Crippen MR) is 106 cm³/mol. The van der Waals surface area contributed by atoms with Gasteiger partial charge in [-0.25, -0.2) is 13.1 Å². The first-order valence-corrected chi connectivity index (χ1v) is 10.0. The maximum absolute atomic E-state index is 11.9. The molecule has 0 bridgehead atoms. The first-order chi connectivity index (χ1) is 12.5. The Morgan fingerprint density at radius 3 is 2.74 bits per heavy atom. The van der Waals surface area contributed by atoms with Crippen molar-refractivity contribution in [1.82, 2.24) is 25.1 Å². The first kappa shape index (κ1) is 21.5. The standard InChI is InChI=1S/C17H23N5O3S.ClH/c1-3-19-26(23,24)14-7-4-13(5-8-14)6-9-16-20-17(21-25-16)15-12-18-10-11-22(15)2;/h4-9,15,18-19H,3,10-12H2,1-2H3;1H/b9-6+;. The summed E-state index contributed by atoms with van der Waals surface area (Å²) in [6, 6.07) is 6.71. The zero-order chi connectivity index (χ0) is 18.6. The molecule has 1 aliphatic heterocycles. The summed E-state index contributed by atoms with van der Waals surface area (Å²) >= 11 is 0. The molecule has 8 nitrogen and oxygen atoms in total. The SMILES string of the molecule is CCNS(=O)(=O)c1ccc(/C=C/c2nc(C3CNCCN3C)no2)cc1.Cl. The molecule has 1 unspecified atom stereocenters. The van der Waals surface area contributed by atoms with Crippen LogP contribution in [0.5, 0.6) is 0 Å². The monoisotopic (exact) mass is 413 g/mol. The molecule has 2 aromatic rings. The largest absolute Gasteiger partial charge is 0.335 e. The van der Waals surface area contributed by atoms with Crippen molar-refractivity contribution in [3.8, 4) is 0 Å². The van der Waals surface area contributed by atoms with Crippen molar-refractivity contribution >= 4 is 34.6 Å². The van der Waals surface area contributed by atoms with Crippen LogP contribution in [0, 0.1) is 0 Å². The fourth-order valence-corrected chi connectivity index (χ4v) is 3.78. The summed E-state index contributed by atoms with van der Waals surface area (Å²) in [5.41, 5.74) is 0.844. The van der Waals surface area contributed by atoms with Crippen LogP contribution in [-0.4, -0.2) is 56.7 Å². The molecule has 0 radical (unpaired) electrons. The Bertz CT molecular complexity index is 867. The van der Waals surface area contributed by atoms with Gasteiger partial charge in [0.2, 0.25) is 10.0 Å². The Hall–Kier alpha value is -1.78. The van der Waals surface area contributed by atoms with E-state index in [0.717, 1.165) is 25.2 Å². The van der Waals surface area contributed by atoms with E-state index in [0.29, 0.717) is 18.3 Å². The van der Waals surface area contributed by atoms with Crippen LogP contribution in [0.3, 0.4) is 0 Å². The molecule has 27 heavy (non-hydrogen) atoms. The van der Waals surface area contributed by atoms with Gasteiger partial charge >= 0.3 is 0 Å². The van der Waals surface area contributed by atoms with Crippen molar-refractivity contribution in [2.45, 2.75) is 17.9 Å². The lowest BCUT2D eigenvalue weighted by atomic mass is 10.2. The number of sulfonamides is 1. The van der Waals surface area contributed by atoms with E-state index in [1.807, 2.05) is 13.1 Å². The Morgan fingerprint density at radius 1 is 1.33 bits per heavy atom. The number of hydrogen-bond donors (Lipinski definition) is 2. The summed E-state index contributed by atoms with van der Waals surface area (Å²) in [7, 11) is -1.39. The van der Waals surface area contributed by atoms with Gasteiger partial charge in [0.15, 0.2) is 5.82 Å². The third kappa shape index (κ3) is 5.36. The highest BCUT2D eigenvalue weighted by atomic mass is 35.5. The zero-order valence-electron chi connectivity index (χ0n) is 15.3. The lowest BCUT2D eigenvalue weighted by Gasteiger charge is -2.30. The summed E-state index contributed by atoms with van der Waals surface area (Å²) in [6.45, 7) is 4.79. The lowest BCUT2D eigenvalue weighted by molar-refractivity contribution is 0.190. The van der Waals surface area contributed by atoms with Gasteiger partial charge in [0, 0.05) is 32.3 Å². The number of nitrogens with one attached hydrogen (secondary N) is 2. The van der Waals surface area contributed by atoms with Crippen LogP contribution in [0.4, 0.5) is 0 Å². The number of aromatic nitrogens is 2.